The molecular formula is C27H30N6O2. The first-order valence-corrected chi connectivity index (χ1v) is 12.3. The second-order valence-electron chi connectivity index (χ2n) is 9.54. The van der Waals surface area contributed by atoms with Crippen molar-refractivity contribution in [1.82, 2.24) is 20.2 Å². The van der Waals surface area contributed by atoms with Crippen molar-refractivity contribution < 1.29 is 9.53 Å². The van der Waals surface area contributed by atoms with E-state index >= 15 is 0 Å². The maximum Gasteiger partial charge on any atom is 0.254 e. The molecule has 1 aromatic carbocycles. The number of hydrogen-bond acceptors (Lipinski definition) is 7. The molecule has 0 spiro atoms. The Bertz CT molecular complexity index is 1230. The first-order chi connectivity index (χ1) is 17.2. The third kappa shape index (κ3) is 4.35. The standard InChI is InChI=1S/C27H30N6O2/c1-32-9-11-33(12-10-32)20-2-5-25(29-15-20)31-23-4-3-21(22-16-30-27(34)26(22)23)18-6-8-28-24(14-18)19-7-13-35-17-19/h2-6,8,14-15,19H,7,9-13,16-17H2,1H3,(H,29,31)(H,30,34). The average Bonchev–Trinajstić information content (AvgIpc) is 3.56. The van der Waals surface area contributed by atoms with Crippen LogP contribution in [0.2, 0.25) is 0 Å². The number of pyridine rings is 2. The number of likely N-dealkylation sites (N-methyl/N-ethyl adjacent to an activating group) is 1. The Kier molecular flexibility index (Phi) is 5.83. The quantitative estimate of drug-likeness (QED) is 0.592. The van der Waals surface area contributed by atoms with Gasteiger partial charge < -0.3 is 25.2 Å². The number of nitrogens with one attached hydrogen (secondary N) is 2. The van der Waals surface area contributed by atoms with Crippen LogP contribution in [0.15, 0.2) is 48.8 Å². The minimum atomic E-state index is -0.0584. The molecule has 2 N–H and O–H groups in total. The van der Waals surface area contributed by atoms with Gasteiger partial charge in [-0.1, -0.05) is 6.07 Å². The number of benzene rings is 1. The number of rotatable bonds is 5. The Morgan fingerprint density at radius 1 is 1.09 bits per heavy atom. The third-order valence-electron chi connectivity index (χ3n) is 7.28. The lowest BCUT2D eigenvalue weighted by molar-refractivity contribution is 0.0966. The Hall–Kier alpha value is -3.49. The summed E-state index contributed by atoms with van der Waals surface area (Å²) in [5.41, 5.74) is 6.79. The second-order valence-corrected chi connectivity index (χ2v) is 9.54. The average molecular weight is 471 g/mol. The van der Waals surface area contributed by atoms with Crippen LogP contribution in [0.25, 0.3) is 11.1 Å². The summed E-state index contributed by atoms with van der Waals surface area (Å²) in [5, 5.41) is 6.38. The highest BCUT2D eigenvalue weighted by Crippen LogP contribution is 2.36. The van der Waals surface area contributed by atoms with Gasteiger partial charge in [-0.05, 0) is 60.5 Å². The molecule has 0 aliphatic carbocycles. The van der Waals surface area contributed by atoms with Crippen LogP contribution in [0.1, 0.15) is 34.0 Å². The van der Waals surface area contributed by atoms with Gasteiger partial charge in [-0.3, -0.25) is 9.78 Å². The summed E-state index contributed by atoms with van der Waals surface area (Å²) in [4.78, 5) is 26.7. The highest BCUT2D eigenvalue weighted by molar-refractivity contribution is 6.06. The lowest BCUT2D eigenvalue weighted by Gasteiger charge is -2.33. The first-order valence-electron chi connectivity index (χ1n) is 12.3. The van der Waals surface area contributed by atoms with Crippen LogP contribution in [-0.4, -0.2) is 67.2 Å². The molecule has 2 aromatic heterocycles. The highest BCUT2D eigenvalue weighted by atomic mass is 16.5. The van der Waals surface area contributed by atoms with Gasteiger partial charge >= 0.3 is 0 Å². The number of carbonyl (C=O) groups excluding carboxylic acids is 1. The summed E-state index contributed by atoms with van der Waals surface area (Å²) < 4.78 is 5.55. The molecule has 1 atom stereocenters. The van der Waals surface area contributed by atoms with Gasteiger partial charge in [0.05, 0.1) is 29.7 Å². The van der Waals surface area contributed by atoms with Crippen molar-refractivity contribution in [2.75, 3.05) is 56.7 Å². The van der Waals surface area contributed by atoms with Gasteiger partial charge in [0.2, 0.25) is 0 Å². The molecular weight excluding hydrogens is 440 g/mol. The normalized spacial score (nSPS) is 20.1. The fourth-order valence-corrected chi connectivity index (χ4v) is 5.18. The number of nitrogens with zero attached hydrogens (tertiary/aromatic N) is 4. The summed E-state index contributed by atoms with van der Waals surface area (Å²) >= 11 is 0. The molecule has 35 heavy (non-hydrogen) atoms. The van der Waals surface area contributed by atoms with Crippen molar-refractivity contribution in [3.05, 3.63) is 65.6 Å². The van der Waals surface area contributed by atoms with E-state index in [-0.39, 0.29) is 5.91 Å². The van der Waals surface area contributed by atoms with Gasteiger partial charge in [0.1, 0.15) is 5.82 Å². The molecule has 6 rings (SSSR count). The van der Waals surface area contributed by atoms with Crippen LogP contribution in [0.3, 0.4) is 0 Å². The molecule has 2 saturated heterocycles. The minimum Gasteiger partial charge on any atom is -0.381 e. The van der Waals surface area contributed by atoms with E-state index in [0.29, 0.717) is 18.0 Å². The molecule has 3 aliphatic rings. The number of piperazine rings is 1. The zero-order valence-corrected chi connectivity index (χ0v) is 20.0. The summed E-state index contributed by atoms with van der Waals surface area (Å²) in [5.74, 6) is 1.01. The number of ether oxygens (including phenoxy) is 1. The molecule has 8 heteroatoms. The highest BCUT2D eigenvalue weighted by Gasteiger charge is 2.27. The van der Waals surface area contributed by atoms with Gasteiger partial charge in [-0.25, -0.2) is 4.98 Å². The van der Waals surface area contributed by atoms with Crippen molar-refractivity contribution in [1.29, 1.82) is 0 Å². The van der Waals surface area contributed by atoms with E-state index in [9.17, 15) is 4.79 Å². The Balaban J connectivity index is 1.26. The fourth-order valence-electron chi connectivity index (χ4n) is 5.18. The summed E-state index contributed by atoms with van der Waals surface area (Å²) in [6.07, 6.45) is 4.77. The zero-order chi connectivity index (χ0) is 23.8. The molecule has 2 fully saturated rings. The zero-order valence-electron chi connectivity index (χ0n) is 20.0. The van der Waals surface area contributed by atoms with E-state index in [1.54, 1.807) is 0 Å². The molecule has 0 bridgehead atoms. The number of hydrogen-bond donors (Lipinski definition) is 2. The lowest BCUT2D eigenvalue weighted by atomic mass is 9.94. The van der Waals surface area contributed by atoms with Crippen molar-refractivity contribution in [3.8, 4) is 11.1 Å². The van der Waals surface area contributed by atoms with Crippen LogP contribution in [0.4, 0.5) is 17.2 Å². The SMILES string of the molecule is CN1CCN(c2ccc(Nc3ccc(-c4ccnc(C5CCOC5)c4)c4c3C(=O)NC4)nc2)CC1. The number of aromatic nitrogens is 2. The number of fused-ring (bicyclic) bond motifs is 1. The Morgan fingerprint density at radius 3 is 2.74 bits per heavy atom. The Morgan fingerprint density at radius 2 is 1.97 bits per heavy atom. The molecule has 5 heterocycles. The van der Waals surface area contributed by atoms with E-state index in [4.69, 9.17) is 4.74 Å². The predicted molar refractivity (Wildman–Crippen MR) is 136 cm³/mol. The molecule has 3 aliphatic heterocycles. The van der Waals surface area contributed by atoms with Crippen LogP contribution in [0.5, 0.6) is 0 Å². The number of carbonyl (C=O) groups is 1. The molecule has 0 radical (unpaired) electrons. The van der Waals surface area contributed by atoms with Gasteiger partial charge in [0.15, 0.2) is 0 Å². The van der Waals surface area contributed by atoms with Crippen LogP contribution >= 0.6 is 0 Å². The maximum atomic E-state index is 12.8. The third-order valence-corrected chi connectivity index (χ3v) is 7.28. The largest absolute Gasteiger partial charge is 0.381 e. The van der Waals surface area contributed by atoms with Crippen molar-refractivity contribution >= 4 is 23.1 Å². The van der Waals surface area contributed by atoms with Crippen LogP contribution in [-0.2, 0) is 11.3 Å². The smallest absolute Gasteiger partial charge is 0.254 e. The molecule has 3 aromatic rings. The van der Waals surface area contributed by atoms with E-state index < -0.39 is 0 Å². The second kappa shape index (κ2) is 9.28. The van der Waals surface area contributed by atoms with Crippen LogP contribution < -0.4 is 15.5 Å². The van der Waals surface area contributed by atoms with Gasteiger partial charge in [-0.2, -0.15) is 0 Å². The lowest BCUT2D eigenvalue weighted by Crippen LogP contribution is -2.44. The van der Waals surface area contributed by atoms with Crippen molar-refractivity contribution in [2.24, 2.45) is 0 Å². The molecule has 8 nitrogen and oxygen atoms in total. The Labute approximate surface area is 205 Å². The van der Waals surface area contributed by atoms with E-state index in [1.807, 2.05) is 30.6 Å². The van der Waals surface area contributed by atoms with Gasteiger partial charge in [0.25, 0.3) is 5.91 Å². The van der Waals surface area contributed by atoms with E-state index in [0.717, 1.165) is 85.4 Å². The summed E-state index contributed by atoms with van der Waals surface area (Å²) in [6.45, 7) is 6.14. The van der Waals surface area contributed by atoms with Crippen LogP contribution in [0, 0.1) is 0 Å². The monoisotopic (exact) mass is 470 g/mol. The minimum absolute atomic E-state index is 0.0584. The number of anilines is 3. The van der Waals surface area contributed by atoms with Gasteiger partial charge in [0, 0.05) is 57.1 Å². The van der Waals surface area contributed by atoms with E-state index in [1.165, 1.54) is 0 Å². The summed E-state index contributed by atoms with van der Waals surface area (Å²) in [7, 11) is 2.15. The van der Waals surface area contributed by atoms with Gasteiger partial charge in [-0.15, -0.1) is 0 Å². The summed E-state index contributed by atoms with van der Waals surface area (Å²) in [6, 6.07) is 12.3. The number of amides is 1. The predicted octanol–water partition coefficient (Wildman–Crippen LogP) is 3.39. The molecule has 180 valence electrons. The van der Waals surface area contributed by atoms with Crippen molar-refractivity contribution in [3.63, 3.8) is 0 Å². The topological polar surface area (TPSA) is 82.6 Å². The van der Waals surface area contributed by atoms with E-state index in [2.05, 4.69) is 55.6 Å². The maximum absolute atomic E-state index is 12.8. The first kappa shape index (κ1) is 22.0. The molecule has 1 amide bonds. The molecule has 1 unspecified atom stereocenters. The molecule has 0 saturated carbocycles. The fraction of sp³-hybridized carbons (Fsp3) is 0.370. The van der Waals surface area contributed by atoms with Crippen molar-refractivity contribution in [2.45, 2.75) is 18.9 Å².